The van der Waals surface area contributed by atoms with E-state index in [1.165, 1.54) is 5.56 Å². The number of aliphatic hydroxyl groups excluding tert-OH is 1. The third-order valence-corrected chi connectivity index (χ3v) is 3.47. The fraction of sp³-hybridized carbons (Fsp3) is 0.538. The molecule has 0 saturated carbocycles. The van der Waals surface area contributed by atoms with Crippen molar-refractivity contribution < 1.29 is 9.84 Å². The first-order valence-electron chi connectivity index (χ1n) is 5.54. The van der Waals surface area contributed by atoms with Crippen LogP contribution in [0.25, 0.3) is 0 Å². The first kappa shape index (κ1) is 13.5. The van der Waals surface area contributed by atoms with Gasteiger partial charge in [0, 0.05) is 6.61 Å². The van der Waals surface area contributed by atoms with Gasteiger partial charge in [-0.05, 0) is 51.9 Å². The molecule has 0 fully saturated rings. The standard InChI is InChI=1S/C13H19BrO2/c1-9(2)11(6-7-15)10-4-5-13(16-3)12(14)8-10/h4-5,8-9,11,15H,6-7H2,1-3H3. The van der Waals surface area contributed by atoms with E-state index in [9.17, 15) is 0 Å². The Labute approximate surface area is 106 Å². The number of hydrogen-bond acceptors (Lipinski definition) is 2. The van der Waals surface area contributed by atoms with E-state index >= 15 is 0 Å². The van der Waals surface area contributed by atoms with Crippen molar-refractivity contribution in [3.63, 3.8) is 0 Å². The topological polar surface area (TPSA) is 29.5 Å². The number of benzene rings is 1. The third-order valence-electron chi connectivity index (χ3n) is 2.85. The highest BCUT2D eigenvalue weighted by atomic mass is 79.9. The molecule has 1 aromatic rings. The van der Waals surface area contributed by atoms with Crippen molar-refractivity contribution in [3.05, 3.63) is 28.2 Å². The highest BCUT2D eigenvalue weighted by Crippen LogP contribution is 2.33. The van der Waals surface area contributed by atoms with Crippen LogP contribution in [-0.2, 0) is 0 Å². The number of aliphatic hydroxyl groups is 1. The molecule has 0 heterocycles. The van der Waals surface area contributed by atoms with Gasteiger partial charge in [0.25, 0.3) is 0 Å². The highest BCUT2D eigenvalue weighted by Gasteiger charge is 2.16. The van der Waals surface area contributed by atoms with Crippen LogP contribution in [0.1, 0.15) is 31.7 Å². The summed E-state index contributed by atoms with van der Waals surface area (Å²) in [6.07, 6.45) is 0.802. The molecule has 0 aliphatic rings. The minimum Gasteiger partial charge on any atom is -0.496 e. The minimum atomic E-state index is 0.229. The van der Waals surface area contributed by atoms with Gasteiger partial charge in [-0.2, -0.15) is 0 Å². The van der Waals surface area contributed by atoms with Crippen molar-refractivity contribution in [2.75, 3.05) is 13.7 Å². The van der Waals surface area contributed by atoms with Crippen LogP contribution in [0.2, 0.25) is 0 Å². The first-order chi connectivity index (χ1) is 7.60. The van der Waals surface area contributed by atoms with Crippen molar-refractivity contribution in [1.29, 1.82) is 0 Å². The van der Waals surface area contributed by atoms with Crippen molar-refractivity contribution in [1.82, 2.24) is 0 Å². The molecular formula is C13H19BrO2. The van der Waals surface area contributed by atoms with Gasteiger partial charge in [0.2, 0.25) is 0 Å². The smallest absolute Gasteiger partial charge is 0.133 e. The lowest BCUT2D eigenvalue weighted by Gasteiger charge is -2.21. The zero-order chi connectivity index (χ0) is 12.1. The summed E-state index contributed by atoms with van der Waals surface area (Å²) in [5.41, 5.74) is 1.25. The molecule has 0 radical (unpaired) electrons. The molecule has 0 bridgehead atoms. The molecule has 0 amide bonds. The van der Waals surface area contributed by atoms with E-state index in [4.69, 9.17) is 9.84 Å². The predicted molar refractivity (Wildman–Crippen MR) is 70.0 cm³/mol. The van der Waals surface area contributed by atoms with Gasteiger partial charge in [-0.3, -0.25) is 0 Å². The zero-order valence-corrected chi connectivity index (χ0v) is 11.6. The Balaban J connectivity index is 2.97. The van der Waals surface area contributed by atoms with E-state index in [0.717, 1.165) is 16.6 Å². The van der Waals surface area contributed by atoms with E-state index in [2.05, 4.69) is 41.9 Å². The average molecular weight is 287 g/mol. The molecule has 16 heavy (non-hydrogen) atoms. The van der Waals surface area contributed by atoms with Crippen molar-refractivity contribution in [3.8, 4) is 5.75 Å². The molecule has 3 heteroatoms. The van der Waals surface area contributed by atoms with Crippen molar-refractivity contribution in [2.45, 2.75) is 26.2 Å². The number of rotatable bonds is 5. The molecule has 2 nitrogen and oxygen atoms in total. The van der Waals surface area contributed by atoms with Crippen LogP contribution in [-0.4, -0.2) is 18.8 Å². The van der Waals surface area contributed by atoms with Gasteiger partial charge in [-0.1, -0.05) is 19.9 Å². The Kier molecular flexibility index (Phi) is 5.29. The van der Waals surface area contributed by atoms with Crippen LogP contribution in [0.15, 0.2) is 22.7 Å². The van der Waals surface area contributed by atoms with Crippen LogP contribution in [0.3, 0.4) is 0 Å². The van der Waals surface area contributed by atoms with Gasteiger partial charge in [-0.15, -0.1) is 0 Å². The Hall–Kier alpha value is -0.540. The van der Waals surface area contributed by atoms with Gasteiger partial charge in [-0.25, -0.2) is 0 Å². The molecule has 0 spiro atoms. The lowest BCUT2D eigenvalue weighted by molar-refractivity contribution is 0.261. The second-order valence-corrected chi connectivity index (χ2v) is 5.11. The molecule has 0 aliphatic heterocycles. The first-order valence-corrected chi connectivity index (χ1v) is 6.33. The molecule has 0 aliphatic carbocycles. The number of ether oxygens (including phenoxy) is 1. The van der Waals surface area contributed by atoms with E-state index < -0.39 is 0 Å². The average Bonchev–Trinajstić information content (AvgIpc) is 2.25. The van der Waals surface area contributed by atoms with E-state index in [0.29, 0.717) is 11.8 Å². The quantitative estimate of drug-likeness (QED) is 0.897. The van der Waals surface area contributed by atoms with Crippen LogP contribution < -0.4 is 4.74 Å². The summed E-state index contributed by atoms with van der Waals surface area (Å²) >= 11 is 3.49. The molecule has 1 N–H and O–H groups in total. The van der Waals surface area contributed by atoms with Crippen LogP contribution in [0.5, 0.6) is 5.75 Å². The second-order valence-electron chi connectivity index (χ2n) is 4.26. The van der Waals surface area contributed by atoms with Gasteiger partial charge in [0.15, 0.2) is 0 Å². The van der Waals surface area contributed by atoms with Crippen molar-refractivity contribution >= 4 is 15.9 Å². The van der Waals surface area contributed by atoms with Crippen LogP contribution in [0.4, 0.5) is 0 Å². The molecule has 0 aromatic heterocycles. The summed E-state index contributed by atoms with van der Waals surface area (Å²) in [6.45, 7) is 4.59. The third kappa shape index (κ3) is 3.22. The summed E-state index contributed by atoms with van der Waals surface area (Å²) in [4.78, 5) is 0. The Morgan fingerprint density at radius 3 is 2.50 bits per heavy atom. The molecule has 0 saturated heterocycles. The lowest BCUT2D eigenvalue weighted by atomic mass is 9.86. The Morgan fingerprint density at radius 2 is 2.06 bits per heavy atom. The van der Waals surface area contributed by atoms with Crippen LogP contribution >= 0.6 is 15.9 Å². The summed E-state index contributed by atoms with van der Waals surface area (Å²) < 4.78 is 6.17. The number of hydrogen-bond donors (Lipinski definition) is 1. The maximum Gasteiger partial charge on any atom is 0.133 e. The second kappa shape index (κ2) is 6.26. The normalized spacial score (nSPS) is 12.9. The maximum atomic E-state index is 9.08. The summed E-state index contributed by atoms with van der Waals surface area (Å²) in [5, 5.41) is 9.08. The lowest BCUT2D eigenvalue weighted by Crippen LogP contribution is -2.08. The van der Waals surface area contributed by atoms with Gasteiger partial charge in [0.05, 0.1) is 11.6 Å². The fourth-order valence-corrected chi connectivity index (χ4v) is 2.50. The van der Waals surface area contributed by atoms with E-state index in [1.807, 2.05) is 6.07 Å². The fourth-order valence-electron chi connectivity index (χ4n) is 1.94. The molecule has 1 atom stereocenters. The van der Waals surface area contributed by atoms with Gasteiger partial charge in [0.1, 0.15) is 5.75 Å². The van der Waals surface area contributed by atoms with Crippen LogP contribution in [0, 0.1) is 5.92 Å². The number of halogens is 1. The monoisotopic (exact) mass is 286 g/mol. The maximum absolute atomic E-state index is 9.08. The molecule has 90 valence electrons. The molecule has 1 aromatic carbocycles. The largest absolute Gasteiger partial charge is 0.496 e. The molecule has 1 unspecified atom stereocenters. The Bertz CT molecular complexity index is 337. The van der Waals surface area contributed by atoms with Gasteiger partial charge < -0.3 is 9.84 Å². The summed E-state index contributed by atoms with van der Waals surface area (Å²) in [5.74, 6) is 1.76. The van der Waals surface area contributed by atoms with Gasteiger partial charge >= 0.3 is 0 Å². The molecular weight excluding hydrogens is 268 g/mol. The minimum absolute atomic E-state index is 0.229. The van der Waals surface area contributed by atoms with E-state index in [-0.39, 0.29) is 6.61 Å². The summed E-state index contributed by atoms with van der Waals surface area (Å²) in [7, 11) is 1.66. The highest BCUT2D eigenvalue weighted by molar-refractivity contribution is 9.10. The van der Waals surface area contributed by atoms with Crippen molar-refractivity contribution in [2.24, 2.45) is 5.92 Å². The SMILES string of the molecule is COc1ccc(C(CCO)C(C)C)cc1Br. The Morgan fingerprint density at radius 1 is 1.38 bits per heavy atom. The summed E-state index contributed by atoms with van der Waals surface area (Å²) in [6, 6.07) is 6.12. The van der Waals surface area contributed by atoms with E-state index in [1.54, 1.807) is 7.11 Å². The number of methoxy groups -OCH3 is 1. The predicted octanol–water partition coefficient (Wildman–Crippen LogP) is 3.58. The zero-order valence-electron chi connectivity index (χ0n) is 10.0. The molecule has 1 rings (SSSR count).